The summed E-state index contributed by atoms with van der Waals surface area (Å²) in [5.41, 5.74) is 3.00. The molecule has 3 rings (SSSR count). The van der Waals surface area contributed by atoms with E-state index in [9.17, 15) is 9.90 Å². The van der Waals surface area contributed by atoms with Crippen LogP contribution in [-0.4, -0.2) is 25.8 Å². The second-order valence-electron chi connectivity index (χ2n) is 5.08. The lowest BCUT2D eigenvalue weighted by Gasteiger charge is -2.01. The average Bonchev–Trinajstić information content (AvgIpc) is 3.04. The molecule has 1 N–H and O–H groups in total. The molecule has 0 aliphatic carbocycles. The van der Waals surface area contributed by atoms with Crippen LogP contribution < -0.4 is 0 Å². The Balaban J connectivity index is 2.12. The normalized spacial score (nSPS) is 10.9. The molecular formula is C16H15N3O3. The van der Waals surface area contributed by atoms with Gasteiger partial charge >= 0.3 is 5.97 Å². The molecule has 1 aromatic carbocycles. The zero-order valence-electron chi connectivity index (χ0n) is 12.5. The first-order chi connectivity index (χ1) is 10.5. The van der Waals surface area contributed by atoms with Gasteiger partial charge in [0.2, 0.25) is 5.89 Å². The van der Waals surface area contributed by atoms with Crippen LogP contribution in [0.3, 0.4) is 0 Å². The summed E-state index contributed by atoms with van der Waals surface area (Å²) in [6.45, 7) is 3.51. The third kappa shape index (κ3) is 2.09. The van der Waals surface area contributed by atoms with Gasteiger partial charge in [-0.05, 0) is 31.5 Å². The predicted octanol–water partition coefficient (Wildman–Crippen LogP) is 3.06. The van der Waals surface area contributed by atoms with Crippen molar-refractivity contribution in [3.05, 3.63) is 47.2 Å². The van der Waals surface area contributed by atoms with Crippen molar-refractivity contribution in [1.29, 1.82) is 0 Å². The van der Waals surface area contributed by atoms with Crippen molar-refractivity contribution in [3.63, 3.8) is 0 Å². The minimum Gasteiger partial charge on any atom is -0.478 e. The van der Waals surface area contributed by atoms with Crippen LogP contribution in [0.5, 0.6) is 0 Å². The molecule has 2 heterocycles. The average molecular weight is 297 g/mol. The third-order valence-electron chi connectivity index (χ3n) is 3.79. The van der Waals surface area contributed by atoms with Gasteiger partial charge in [-0.2, -0.15) is 0 Å². The van der Waals surface area contributed by atoms with Crippen molar-refractivity contribution in [3.8, 4) is 23.0 Å². The molecule has 22 heavy (non-hydrogen) atoms. The molecule has 112 valence electrons. The van der Waals surface area contributed by atoms with Crippen LogP contribution in [0.2, 0.25) is 0 Å². The first kappa shape index (κ1) is 14.1. The Labute approximate surface area is 127 Å². The number of hydrogen-bond acceptors (Lipinski definition) is 4. The first-order valence-corrected chi connectivity index (χ1v) is 6.79. The summed E-state index contributed by atoms with van der Waals surface area (Å²) in [7, 11) is 1.79. The molecule has 0 aliphatic heterocycles. The zero-order valence-corrected chi connectivity index (χ0v) is 12.5. The molecule has 0 amide bonds. The van der Waals surface area contributed by atoms with Crippen LogP contribution in [0.25, 0.3) is 23.0 Å². The minimum absolute atomic E-state index is 0.275. The van der Waals surface area contributed by atoms with Gasteiger partial charge in [-0.25, -0.2) is 4.79 Å². The van der Waals surface area contributed by atoms with Gasteiger partial charge in [-0.15, -0.1) is 10.2 Å². The number of carbonyl (C=O) groups is 1. The fraction of sp³-hybridized carbons (Fsp3) is 0.188. The number of hydrogen-bond donors (Lipinski definition) is 1. The molecule has 0 saturated heterocycles. The van der Waals surface area contributed by atoms with E-state index in [1.807, 2.05) is 30.3 Å². The SMILES string of the molecule is Cc1c(C(=O)O)c(C)n(C)c1-c1nnc(-c2ccccc2)o1. The summed E-state index contributed by atoms with van der Waals surface area (Å²) in [6, 6.07) is 9.44. The Morgan fingerprint density at radius 2 is 1.77 bits per heavy atom. The monoisotopic (exact) mass is 297 g/mol. The lowest BCUT2D eigenvalue weighted by Crippen LogP contribution is -2.00. The highest BCUT2D eigenvalue weighted by Gasteiger charge is 2.24. The van der Waals surface area contributed by atoms with Crippen LogP contribution in [-0.2, 0) is 7.05 Å². The van der Waals surface area contributed by atoms with Crippen molar-refractivity contribution in [2.24, 2.45) is 7.05 Å². The predicted molar refractivity (Wildman–Crippen MR) is 80.6 cm³/mol. The van der Waals surface area contributed by atoms with Gasteiger partial charge in [0.05, 0.1) is 5.56 Å². The number of aromatic nitrogens is 3. The number of carboxylic acid groups (broad SMARTS) is 1. The second-order valence-corrected chi connectivity index (χ2v) is 5.08. The standard InChI is InChI=1S/C16H15N3O3/c1-9-12(16(20)21)10(2)19(3)13(9)15-18-17-14(22-15)11-7-5-4-6-8-11/h4-8H,1-3H3,(H,20,21). The Morgan fingerprint density at radius 1 is 1.14 bits per heavy atom. The minimum atomic E-state index is -0.959. The van der Waals surface area contributed by atoms with Crippen molar-refractivity contribution in [2.45, 2.75) is 13.8 Å². The summed E-state index contributed by atoms with van der Waals surface area (Å²) < 4.78 is 7.49. The third-order valence-corrected chi connectivity index (χ3v) is 3.79. The smallest absolute Gasteiger partial charge is 0.337 e. The van der Waals surface area contributed by atoms with Gasteiger partial charge in [0, 0.05) is 18.3 Å². The number of benzene rings is 1. The van der Waals surface area contributed by atoms with Crippen LogP contribution in [0.4, 0.5) is 0 Å². The molecule has 0 fully saturated rings. The molecule has 0 atom stereocenters. The van der Waals surface area contributed by atoms with Crippen LogP contribution in [0.1, 0.15) is 21.6 Å². The maximum Gasteiger partial charge on any atom is 0.337 e. The summed E-state index contributed by atoms with van der Waals surface area (Å²) in [4.78, 5) is 11.4. The Morgan fingerprint density at radius 3 is 2.36 bits per heavy atom. The van der Waals surface area contributed by atoms with E-state index in [2.05, 4.69) is 10.2 Å². The van der Waals surface area contributed by atoms with Gasteiger partial charge in [0.25, 0.3) is 5.89 Å². The molecule has 0 bridgehead atoms. The zero-order chi connectivity index (χ0) is 15.9. The molecule has 0 radical (unpaired) electrons. The van der Waals surface area contributed by atoms with E-state index in [0.29, 0.717) is 28.7 Å². The second kappa shape index (κ2) is 5.14. The van der Waals surface area contributed by atoms with E-state index < -0.39 is 5.97 Å². The number of nitrogens with zero attached hydrogens (tertiary/aromatic N) is 3. The van der Waals surface area contributed by atoms with E-state index in [-0.39, 0.29) is 5.56 Å². The van der Waals surface area contributed by atoms with Crippen LogP contribution in [0, 0.1) is 13.8 Å². The van der Waals surface area contributed by atoms with E-state index in [0.717, 1.165) is 5.56 Å². The summed E-state index contributed by atoms with van der Waals surface area (Å²) in [5, 5.41) is 17.5. The van der Waals surface area contributed by atoms with E-state index in [1.165, 1.54) is 0 Å². The molecule has 3 aromatic rings. The summed E-state index contributed by atoms with van der Waals surface area (Å²) >= 11 is 0. The molecule has 6 heteroatoms. The highest BCUT2D eigenvalue weighted by molar-refractivity contribution is 5.93. The van der Waals surface area contributed by atoms with E-state index >= 15 is 0 Å². The first-order valence-electron chi connectivity index (χ1n) is 6.79. The summed E-state index contributed by atoms with van der Waals surface area (Å²) in [6.07, 6.45) is 0. The molecule has 2 aromatic heterocycles. The molecule has 0 spiro atoms. The number of carboxylic acids is 1. The molecular weight excluding hydrogens is 282 g/mol. The maximum absolute atomic E-state index is 11.4. The van der Waals surface area contributed by atoms with Gasteiger partial charge in [0.15, 0.2) is 0 Å². The van der Waals surface area contributed by atoms with Crippen molar-refractivity contribution in [2.75, 3.05) is 0 Å². The van der Waals surface area contributed by atoms with Crippen molar-refractivity contribution in [1.82, 2.24) is 14.8 Å². The highest BCUT2D eigenvalue weighted by atomic mass is 16.4. The topological polar surface area (TPSA) is 81.1 Å². The Hall–Kier alpha value is -2.89. The van der Waals surface area contributed by atoms with Gasteiger partial charge < -0.3 is 14.1 Å². The van der Waals surface area contributed by atoms with Gasteiger partial charge in [-0.1, -0.05) is 18.2 Å². The van der Waals surface area contributed by atoms with Crippen molar-refractivity contribution < 1.29 is 14.3 Å². The van der Waals surface area contributed by atoms with Crippen molar-refractivity contribution >= 4 is 5.97 Å². The fourth-order valence-electron chi connectivity index (χ4n) is 2.61. The van der Waals surface area contributed by atoms with Crippen LogP contribution >= 0.6 is 0 Å². The van der Waals surface area contributed by atoms with Gasteiger partial charge in [-0.3, -0.25) is 0 Å². The quantitative estimate of drug-likeness (QED) is 0.803. The largest absolute Gasteiger partial charge is 0.478 e. The molecule has 0 unspecified atom stereocenters. The van der Waals surface area contributed by atoms with Gasteiger partial charge in [0.1, 0.15) is 5.69 Å². The highest BCUT2D eigenvalue weighted by Crippen LogP contribution is 2.31. The lowest BCUT2D eigenvalue weighted by molar-refractivity contribution is 0.0695. The molecule has 6 nitrogen and oxygen atoms in total. The number of rotatable bonds is 3. The molecule has 0 saturated carbocycles. The number of aromatic carboxylic acids is 1. The lowest BCUT2D eigenvalue weighted by atomic mass is 10.1. The summed E-state index contributed by atoms with van der Waals surface area (Å²) in [5.74, 6) is -0.236. The molecule has 0 aliphatic rings. The van der Waals surface area contributed by atoms with E-state index in [4.69, 9.17) is 4.42 Å². The maximum atomic E-state index is 11.4. The Kier molecular flexibility index (Phi) is 3.29. The van der Waals surface area contributed by atoms with E-state index in [1.54, 1.807) is 25.5 Å². The van der Waals surface area contributed by atoms with Crippen LogP contribution in [0.15, 0.2) is 34.7 Å². The Bertz CT molecular complexity index is 847. The fourth-order valence-corrected chi connectivity index (χ4v) is 2.61.